The Morgan fingerprint density at radius 1 is 1.47 bits per heavy atom. The van der Waals surface area contributed by atoms with Crippen LogP contribution >= 0.6 is 0 Å². The molecule has 0 N–H and O–H groups in total. The third-order valence-electron chi connectivity index (χ3n) is 2.39. The van der Waals surface area contributed by atoms with Crippen LogP contribution in [0.25, 0.3) is 10.9 Å². The number of ether oxygens (including phenoxy) is 1. The van der Waals surface area contributed by atoms with Crippen molar-refractivity contribution in [3.05, 3.63) is 30.5 Å². The van der Waals surface area contributed by atoms with Gasteiger partial charge in [-0.1, -0.05) is 0 Å². The van der Waals surface area contributed by atoms with Crippen molar-refractivity contribution in [2.45, 2.75) is 19.4 Å². The van der Waals surface area contributed by atoms with Gasteiger partial charge in [0, 0.05) is 42.0 Å². The monoisotopic (exact) mass is 245 g/mol. The smallest absolute Gasteiger partial charge is 0.119 e. The summed E-state index contributed by atoms with van der Waals surface area (Å²) in [6, 6.07) is 3.30. The number of fused-ring (bicyclic) bond motifs is 1. The normalized spacial score (nSPS) is 29.4. The first-order chi connectivity index (χ1) is 13.3. The summed E-state index contributed by atoms with van der Waals surface area (Å²) >= 11 is 0. The van der Waals surface area contributed by atoms with Gasteiger partial charge in [-0.25, -0.2) is 0 Å². The van der Waals surface area contributed by atoms with Crippen molar-refractivity contribution in [2.24, 2.45) is 0 Å². The van der Waals surface area contributed by atoms with Crippen molar-refractivity contribution in [1.82, 2.24) is 9.47 Å². The summed E-state index contributed by atoms with van der Waals surface area (Å²) < 4.78 is 104. The first kappa shape index (κ1) is 3.75. The van der Waals surface area contributed by atoms with Gasteiger partial charge in [-0.05, 0) is 45.1 Å². The van der Waals surface area contributed by atoms with Crippen molar-refractivity contribution in [3.63, 3.8) is 0 Å². The third-order valence-corrected chi connectivity index (χ3v) is 2.39. The minimum absolute atomic E-state index is 0.0146. The van der Waals surface area contributed by atoms with E-state index in [0.717, 1.165) is 4.57 Å². The maximum absolute atomic E-state index is 8.45. The number of hydrogen-bond acceptors (Lipinski definition) is 2. The predicted octanol–water partition coefficient (Wildman–Crippen LogP) is 2.60. The molecule has 0 saturated heterocycles. The molecule has 3 heteroatoms. The zero-order valence-electron chi connectivity index (χ0n) is 21.8. The van der Waals surface area contributed by atoms with E-state index in [0.29, 0.717) is 5.39 Å². The molecule has 17 heavy (non-hydrogen) atoms. The van der Waals surface area contributed by atoms with Crippen molar-refractivity contribution in [3.8, 4) is 5.75 Å². The molecular weight excluding hydrogens is 212 g/mol. The average molecular weight is 245 g/mol. The second kappa shape index (κ2) is 4.80. The maximum atomic E-state index is 8.45. The molecule has 1 heterocycles. The van der Waals surface area contributed by atoms with Gasteiger partial charge in [-0.3, -0.25) is 0 Å². The van der Waals surface area contributed by atoms with E-state index in [2.05, 4.69) is 0 Å². The Kier molecular flexibility index (Phi) is 1.06. The fraction of sp³-hybridized carbons (Fsp3) is 0.429. The Morgan fingerprint density at radius 3 is 3.18 bits per heavy atom. The van der Waals surface area contributed by atoms with Crippen LogP contribution in [0.2, 0.25) is 0 Å². The fourth-order valence-electron chi connectivity index (χ4n) is 1.55. The van der Waals surface area contributed by atoms with E-state index < -0.39 is 40.4 Å². The molecule has 0 fully saturated rings. The number of benzene rings is 1. The molecule has 2 aromatic rings. The molecule has 0 radical (unpaired) electrons. The number of aromatic nitrogens is 1. The zero-order chi connectivity index (χ0) is 23.3. The highest BCUT2D eigenvalue weighted by atomic mass is 16.5. The van der Waals surface area contributed by atoms with Crippen LogP contribution in [-0.2, 0) is 6.52 Å². The lowest BCUT2D eigenvalue weighted by molar-refractivity contribution is 0.286. The van der Waals surface area contributed by atoms with Gasteiger partial charge in [0.1, 0.15) is 5.75 Å². The molecule has 92 valence electrons. The summed E-state index contributed by atoms with van der Waals surface area (Å²) in [6.07, 6.45) is 1.30. The van der Waals surface area contributed by atoms with E-state index in [4.69, 9.17) is 22.6 Å². The number of hydrogen-bond donors (Lipinski definition) is 0. The molecule has 0 bridgehead atoms. The van der Waals surface area contributed by atoms with Gasteiger partial charge in [0.25, 0.3) is 0 Å². The van der Waals surface area contributed by atoms with Crippen LogP contribution in [-0.4, -0.2) is 36.5 Å². The van der Waals surface area contributed by atoms with Crippen molar-refractivity contribution in [2.75, 3.05) is 21.0 Å². The Balaban J connectivity index is 2.56. The fourth-order valence-corrected chi connectivity index (χ4v) is 1.55. The molecule has 0 aliphatic heterocycles. The lowest BCUT2D eigenvalue weighted by Crippen LogP contribution is -2.28. The first-order valence-corrected chi connectivity index (χ1v) is 4.84. The van der Waals surface area contributed by atoms with Gasteiger partial charge < -0.3 is 14.2 Å². The van der Waals surface area contributed by atoms with Gasteiger partial charge in [0.15, 0.2) is 0 Å². The van der Waals surface area contributed by atoms with E-state index in [1.165, 1.54) is 30.5 Å². The minimum atomic E-state index is -3.30. The molecule has 2 atom stereocenters. The van der Waals surface area contributed by atoms with Crippen LogP contribution in [0.4, 0.5) is 0 Å². The topological polar surface area (TPSA) is 17.4 Å². The van der Waals surface area contributed by atoms with Crippen molar-refractivity contribution < 1.29 is 22.6 Å². The molecule has 2 rings (SSSR count). The zero-order valence-corrected chi connectivity index (χ0v) is 8.84. The molecule has 1 aromatic heterocycles. The molecule has 0 spiro atoms. The van der Waals surface area contributed by atoms with E-state index in [-0.39, 0.29) is 16.2 Å². The van der Waals surface area contributed by atoms with Gasteiger partial charge >= 0.3 is 0 Å². The molecule has 0 aliphatic rings. The van der Waals surface area contributed by atoms with Gasteiger partial charge in [-0.15, -0.1) is 0 Å². The second-order valence-electron chi connectivity index (χ2n) is 3.51. The predicted molar refractivity (Wildman–Crippen MR) is 71.6 cm³/mol. The standard InChI is InChI=1S/C14H20N2O/c1-11(15(2)3)10-16-8-7-12-9-13(17-4)5-6-14(12)16/h5-9,11H,10H2,1-4H3/t11-/m1/s1/i1D3,2D3,3D3,4D3,10D/t10?,11-. The summed E-state index contributed by atoms with van der Waals surface area (Å²) in [5.41, 5.74) is 0.276. The van der Waals surface area contributed by atoms with E-state index in [1.54, 1.807) is 0 Å². The van der Waals surface area contributed by atoms with Crippen LogP contribution in [0.5, 0.6) is 5.75 Å². The van der Waals surface area contributed by atoms with Crippen LogP contribution < -0.4 is 4.74 Å². The number of nitrogens with zero attached hydrogens (tertiary/aromatic N) is 2. The number of methoxy groups -OCH3 is 1. The van der Waals surface area contributed by atoms with Gasteiger partial charge in [0.05, 0.1) is 12.5 Å². The summed E-state index contributed by atoms with van der Waals surface area (Å²) in [7, 11) is -2.68. The van der Waals surface area contributed by atoms with Crippen LogP contribution in [0, 0.1) is 0 Å². The quantitative estimate of drug-likeness (QED) is 0.824. The molecule has 1 unspecified atom stereocenters. The first-order valence-electron chi connectivity index (χ1n) is 11.4. The summed E-state index contributed by atoms with van der Waals surface area (Å²) in [5.74, 6) is 0.0146. The Bertz CT molecular complexity index is 863. The third kappa shape index (κ3) is 2.44. The minimum Gasteiger partial charge on any atom is -0.497 e. The molecule has 1 aromatic carbocycles. The summed E-state index contributed by atoms with van der Waals surface area (Å²) in [5, 5.41) is 0.396. The summed E-state index contributed by atoms with van der Waals surface area (Å²) in [4.78, 5) is -0.109. The average Bonchev–Trinajstić information content (AvgIpc) is 2.89. The van der Waals surface area contributed by atoms with Crippen molar-refractivity contribution in [1.29, 1.82) is 0 Å². The second-order valence-corrected chi connectivity index (χ2v) is 3.51. The molecular formula is C14H20N2O. The number of likely N-dealkylation sites (N-methyl/N-ethyl adjacent to an activating group) is 1. The Hall–Kier alpha value is -1.48. The Labute approximate surface area is 121 Å². The van der Waals surface area contributed by atoms with Crippen LogP contribution in [0.1, 0.15) is 24.7 Å². The molecule has 0 amide bonds. The SMILES string of the molecule is [2H]C([C@H](N(C([2H])([2H])[2H])C([2H])([2H])[2H])C([2H])([2H])[2H])n1ccc2cc(OC([2H])([2H])[2H])ccc21. The largest absolute Gasteiger partial charge is 0.497 e. The Morgan fingerprint density at radius 2 is 2.41 bits per heavy atom. The maximum Gasteiger partial charge on any atom is 0.119 e. The van der Waals surface area contributed by atoms with Crippen LogP contribution in [0.3, 0.4) is 0 Å². The lowest BCUT2D eigenvalue weighted by atomic mass is 10.2. The van der Waals surface area contributed by atoms with Crippen molar-refractivity contribution >= 4 is 10.9 Å². The highest BCUT2D eigenvalue weighted by molar-refractivity contribution is 5.81. The van der Waals surface area contributed by atoms with Gasteiger partial charge in [-0.2, -0.15) is 0 Å². The number of rotatable bonds is 4. The lowest BCUT2D eigenvalue weighted by Gasteiger charge is -2.20. The highest BCUT2D eigenvalue weighted by Gasteiger charge is 2.08. The summed E-state index contributed by atoms with van der Waals surface area (Å²) in [6.45, 7) is -11.5. The van der Waals surface area contributed by atoms with E-state index in [9.17, 15) is 0 Å². The highest BCUT2D eigenvalue weighted by Crippen LogP contribution is 2.22. The van der Waals surface area contributed by atoms with Gasteiger partial charge in [0.2, 0.25) is 0 Å². The van der Waals surface area contributed by atoms with E-state index in [1.807, 2.05) is 0 Å². The van der Waals surface area contributed by atoms with Crippen LogP contribution in [0.15, 0.2) is 30.5 Å². The molecule has 0 aliphatic carbocycles. The molecule has 0 saturated carbocycles. The van der Waals surface area contributed by atoms with E-state index >= 15 is 0 Å². The molecule has 3 nitrogen and oxygen atoms in total.